The molecule has 19 heavy (non-hydrogen) atoms. The molecule has 2 aromatic rings. The van der Waals surface area contributed by atoms with Gasteiger partial charge < -0.3 is 0 Å². The first-order valence-corrected chi connectivity index (χ1v) is 7.00. The van der Waals surface area contributed by atoms with Gasteiger partial charge in [0, 0.05) is 16.0 Å². The van der Waals surface area contributed by atoms with Crippen molar-refractivity contribution in [3.63, 3.8) is 0 Å². The van der Waals surface area contributed by atoms with Gasteiger partial charge in [0.1, 0.15) is 0 Å². The van der Waals surface area contributed by atoms with Gasteiger partial charge in [0.05, 0.1) is 5.69 Å². The largest absolute Gasteiger partial charge is 0.294 e. The second kappa shape index (κ2) is 6.09. The van der Waals surface area contributed by atoms with E-state index in [9.17, 15) is 13.6 Å². The molecule has 0 aliphatic heterocycles. The van der Waals surface area contributed by atoms with E-state index in [0.717, 1.165) is 12.1 Å². The average Bonchev–Trinajstić information content (AvgIpc) is 2.88. The van der Waals surface area contributed by atoms with E-state index in [1.54, 1.807) is 5.38 Å². The van der Waals surface area contributed by atoms with Crippen molar-refractivity contribution < 1.29 is 13.6 Å². The molecule has 0 spiro atoms. The summed E-state index contributed by atoms with van der Waals surface area (Å²) in [4.78, 5) is 15.9. The maximum absolute atomic E-state index is 13.0. The molecule has 0 saturated heterocycles. The summed E-state index contributed by atoms with van der Waals surface area (Å²) in [5.74, 6) is 3.24. The average molecular weight is 301 g/mol. The smallest absolute Gasteiger partial charge is 0.288 e. The third-order valence-electron chi connectivity index (χ3n) is 2.15. The molecule has 0 radical (unpaired) electrons. The number of rotatable bonds is 4. The second-order valence-electron chi connectivity index (χ2n) is 3.48. The molecule has 0 atom stereocenters. The predicted molar refractivity (Wildman–Crippen MR) is 69.7 cm³/mol. The number of halogens is 2. The van der Waals surface area contributed by atoms with Crippen LogP contribution >= 0.6 is 23.1 Å². The lowest BCUT2D eigenvalue weighted by Gasteiger charge is -2.00. The van der Waals surface area contributed by atoms with Gasteiger partial charge in [-0.25, -0.2) is 19.6 Å². The Hall–Kier alpha value is -1.51. The van der Waals surface area contributed by atoms with Crippen molar-refractivity contribution in [1.82, 2.24) is 10.4 Å². The van der Waals surface area contributed by atoms with E-state index in [4.69, 9.17) is 5.84 Å². The van der Waals surface area contributed by atoms with Crippen LogP contribution in [-0.2, 0) is 5.75 Å². The van der Waals surface area contributed by atoms with Crippen LogP contribution in [0, 0.1) is 11.6 Å². The number of carbonyl (C=O) groups excluding carboxylic acids is 1. The minimum Gasteiger partial charge on any atom is -0.288 e. The van der Waals surface area contributed by atoms with Gasteiger partial charge in [0.2, 0.25) is 0 Å². The van der Waals surface area contributed by atoms with Crippen LogP contribution < -0.4 is 11.3 Å². The van der Waals surface area contributed by atoms with Gasteiger partial charge in [-0.1, -0.05) is 0 Å². The first kappa shape index (κ1) is 13.9. The van der Waals surface area contributed by atoms with Crippen LogP contribution in [0.2, 0.25) is 0 Å². The number of amides is 1. The standard InChI is InChI=1S/C11H9F2N3OS2/c12-8-2-1-7(3-9(8)13)18-4-6-5-19-11(15-6)10(17)16-14/h1-3,5H,4,14H2,(H,16,17). The highest BCUT2D eigenvalue weighted by Crippen LogP contribution is 2.25. The van der Waals surface area contributed by atoms with Crippen molar-refractivity contribution in [2.75, 3.05) is 0 Å². The number of nitrogens with one attached hydrogen (secondary N) is 1. The molecular formula is C11H9F2N3OS2. The van der Waals surface area contributed by atoms with E-state index in [0.29, 0.717) is 16.3 Å². The van der Waals surface area contributed by atoms with Crippen LogP contribution in [0.25, 0.3) is 0 Å². The normalized spacial score (nSPS) is 10.5. The molecular weight excluding hydrogens is 292 g/mol. The summed E-state index contributed by atoms with van der Waals surface area (Å²) in [6, 6.07) is 3.69. The number of nitrogens with zero attached hydrogens (tertiary/aromatic N) is 1. The second-order valence-corrected chi connectivity index (χ2v) is 5.39. The van der Waals surface area contributed by atoms with Crippen molar-refractivity contribution >= 4 is 29.0 Å². The van der Waals surface area contributed by atoms with Crippen LogP contribution in [0.1, 0.15) is 15.5 Å². The molecule has 1 amide bonds. The molecule has 100 valence electrons. The van der Waals surface area contributed by atoms with Crippen molar-refractivity contribution in [2.24, 2.45) is 5.84 Å². The van der Waals surface area contributed by atoms with Crippen molar-refractivity contribution in [3.8, 4) is 0 Å². The number of carbonyl (C=O) groups is 1. The topological polar surface area (TPSA) is 68.0 Å². The summed E-state index contributed by atoms with van der Waals surface area (Å²) in [7, 11) is 0. The number of thiazole rings is 1. The fraction of sp³-hybridized carbons (Fsp3) is 0.0909. The zero-order chi connectivity index (χ0) is 13.8. The Kier molecular flexibility index (Phi) is 4.46. The first-order chi connectivity index (χ1) is 9.10. The minimum absolute atomic E-state index is 0.267. The van der Waals surface area contributed by atoms with Gasteiger partial charge in [-0.15, -0.1) is 23.1 Å². The maximum atomic E-state index is 13.0. The fourth-order valence-electron chi connectivity index (χ4n) is 1.26. The molecule has 0 fully saturated rings. The van der Waals surface area contributed by atoms with Crippen molar-refractivity contribution in [2.45, 2.75) is 10.6 Å². The van der Waals surface area contributed by atoms with Gasteiger partial charge >= 0.3 is 0 Å². The molecule has 8 heteroatoms. The van der Waals surface area contributed by atoms with Crippen LogP contribution in [0.15, 0.2) is 28.5 Å². The highest BCUT2D eigenvalue weighted by Gasteiger charge is 2.10. The molecule has 0 aliphatic carbocycles. The van der Waals surface area contributed by atoms with Crippen molar-refractivity contribution in [1.29, 1.82) is 0 Å². The SMILES string of the molecule is NNC(=O)c1nc(CSc2ccc(F)c(F)c2)cs1. The lowest BCUT2D eigenvalue weighted by atomic mass is 10.3. The maximum Gasteiger partial charge on any atom is 0.294 e. The highest BCUT2D eigenvalue weighted by atomic mass is 32.2. The molecule has 0 bridgehead atoms. The Labute approximate surface area is 116 Å². The molecule has 2 rings (SSSR count). The highest BCUT2D eigenvalue weighted by molar-refractivity contribution is 7.98. The third-order valence-corrected chi connectivity index (χ3v) is 4.07. The Morgan fingerprint density at radius 1 is 1.42 bits per heavy atom. The van der Waals surface area contributed by atoms with Crippen LogP contribution in [0.5, 0.6) is 0 Å². The predicted octanol–water partition coefficient (Wildman–Crippen LogP) is 2.32. The first-order valence-electron chi connectivity index (χ1n) is 5.13. The molecule has 0 unspecified atom stereocenters. The van der Waals surface area contributed by atoms with Gasteiger partial charge in [-0.3, -0.25) is 10.2 Å². The number of hydrogen-bond donors (Lipinski definition) is 2. The number of thioether (sulfide) groups is 1. The Bertz CT molecular complexity index is 603. The van der Waals surface area contributed by atoms with E-state index in [1.165, 1.54) is 29.2 Å². The Morgan fingerprint density at radius 3 is 2.89 bits per heavy atom. The van der Waals surface area contributed by atoms with E-state index < -0.39 is 17.5 Å². The minimum atomic E-state index is -0.883. The van der Waals surface area contributed by atoms with E-state index in [1.807, 2.05) is 5.43 Å². The van der Waals surface area contributed by atoms with E-state index in [-0.39, 0.29) is 5.01 Å². The summed E-state index contributed by atoms with van der Waals surface area (Å²) >= 11 is 2.48. The number of hydrogen-bond acceptors (Lipinski definition) is 5. The number of hydrazine groups is 1. The number of aromatic nitrogens is 1. The third kappa shape index (κ3) is 3.49. The van der Waals surface area contributed by atoms with Gasteiger partial charge in [0.15, 0.2) is 16.6 Å². The fourth-order valence-corrected chi connectivity index (χ4v) is 2.90. The molecule has 1 aromatic carbocycles. The molecule has 1 heterocycles. The number of benzene rings is 1. The molecule has 3 N–H and O–H groups in total. The van der Waals surface area contributed by atoms with Gasteiger partial charge in [-0.05, 0) is 18.2 Å². The summed E-state index contributed by atoms with van der Waals surface area (Å²) < 4.78 is 25.7. The van der Waals surface area contributed by atoms with Gasteiger partial charge in [-0.2, -0.15) is 0 Å². The van der Waals surface area contributed by atoms with E-state index in [2.05, 4.69) is 4.98 Å². The molecule has 0 aliphatic rings. The molecule has 4 nitrogen and oxygen atoms in total. The molecule has 1 aromatic heterocycles. The van der Waals surface area contributed by atoms with Gasteiger partial charge in [0.25, 0.3) is 5.91 Å². The summed E-state index contributed by atoms with van der Waals surface area (Å²) in [5.41, 5.74) is 2.67. The quantitative estimate of drug-likeness (QED) is 0.393. The summed E-state index contributed by atoms with van der Waals surface area (Å²) in [5, 5.41) is 1.99. The zero-order valence-corrected chi connectivity index (χ0v) is 11.2. The Morgan fingerprint density at radius 2 is 2.21 bits per heavy atom. The van der Waals surface area contributed by atoms with Crippen LogP contribution in [0.3, 0.4) is 0 Å². The lowest BCUT2D eigenvalue weighted by molar-refractivity contribution is 0.0953. The lowest BCUT2D eigenvalue weighted by Crippen LogP contribution is -2.29. The zero-order valence-electron chi connectivity index (χ0n) is 9.52. The molecule has 0 saturated carbocycles. The summed E-state index contributed by atoms with van der Waals surface area (Å²) in [6.07, 6.45) is 0. The van der Waals surface area contributed by atoms with E-state index >= 15 is 0 Å². The Balaban J connectivity index is 2.00. The van der Waals surface area contributed by atoms with Crippen LogP contribution in [0.4, 0.5) is 8.78 Å². The number of nitrogen functional groups attached to an aromatic ring is 1. The number of nitrogens with two attached hydrogens (primary N) is 1. The van der Waals surface area contributed by atoms with Crippen molar-refractivity contribution in [3.05, 3.63) is 45.9 Å². The summed E-state index contributed by atoms with van der Waals surface area (Å²) in [6.45, 7) is 0. The van der Waals surface area contributed by atoms with Crippen LogP contribution in [-0.4, -0.2) is 10.9 Å². The monoisotopic (exact) mass is 301 g/mol.